The Kier molecular flexibility index (Phi) is 4.26. The molecule has 0 aliphatic carbocycles. The van der Waals surface area contributed by atoms with E-state index in [0.717, 1.165) is 0 Å². The van der Waals surface area contributed by atoms with E-state index in [1.54, 1.807) is 24.5 Å². The molecule has 1 aromatic rings. The summed E-state index contributed by atoms with van der Waals surface area (Å²) in [4.78, 5) is 25.0. The number of hydrogen-bond donors (Lipinski definition) is 3. The van der Waals surface area contributed by atoms with Crippen LogP contribution in [-0.4, -0.2) is 33.7 Å². The zero-order valence-corrected chi connectivity index (χ0v) is 8.46. The molecule has 0 saturated heterocycles. The molecule has 0 aromatic carbocycles. The van der Waals surface area contributed by atoms with Gasteiger partial charge in [-0.1, -0.05) is 0 Å². The molecule has 16 heavy (non-hydrogen) atoms. The van der Waals surface area contributed by atoms with Gasteiger partial charge in [0.25, 0.3) is 0 Å². The van der Waals surface area contributed by atoms with Gasteiger partial charge < -0.3 is 15.5 Å². The molecule has 0 fully saturated rings. The van der Waals surface area contributed by atoms with Gasteiger partial charge in [0.1, 0.15) is 0 Å². The van der Waals surface area contributed by atoms with Gasteiger partial charge in [-0.2, -0.15) is 0 Å². The molecule has 1 atom stereocenters. The Balaban J connectivity index is 2.50. The molecule has 0 radical (unpaired) electrons. The summed E-state index contributed by atoms with van der Waals surface area (Å²) in [6, 6.07) is 3.36. The van der Waals surface area contributed by atoms with Gasteiger partial charge in [-0.3, -0.25) is 14.6 Å². The van der Waals surface area contributed by atoms with Crippen LogP contribution in [0.15, 0.2) is 24.5 Å². The second-order valence-corrected chi connectivity index (χ2v) is 3.25. The summed E-state index contributed by atoms with van der Waals surface area (Å²) in [5.74, 6) is -3.18. The van der Waals surface area contributed by atoms with Crippen molar-refractivity contribution in [2.75, 3.05) is 11.9 Å². The molecule has 1 unspecified atom stereocenters. The van der Waals surface area contributed by atoms with Crippen LogP contribution in [0.5, 0.6) is 0 Å². The van der Waals surface area contributed by atoms with E-state index in [1.807, 2.05) is 0 Å². The monoisotopic (exact) mass is 224 g/mol. The van der Waals surface area contributed by atoms with Crippen LogP contribution in [0.25, 0.3) is 0 Å². The second kappa shape index (κ2) is 5.69. The van der Waals surface area contributed by atoms with Crippen molar-refractivity contribution in [1.82, 2.24) is 4.98 Å². The largest absolute Gasteiger partial charge is 0.481 e. The number of carboxylic acids is 2. The van der Waals surface area contributed by atoms with Gasteiger partial charge >= 0.3 is 11.9 Å². The highest BCUT2D eigenvalue weighted by Gasteiger charge is 2.20. The number of aromatic nitrogens is 1. The summed E-state index contributed by atoms with van der Waals surface area (Å²) in [6.45, 7) is 0.0750. The van der Waals surface area contributed by atoms with Crippen molar-refractivity contribution in [3.8, 4) is 0 Å². The number of rotatable bonds is 6. The van der Waals surface area contributed by atoms with E-state index in [0.29, 0.717) is 5.69 Å². The molecule has 0 spiro atoms. The molecular weight excluding hydrogens is 212 g/mol. The van der Waals surface area contributed by atoms with Crippen LogP contribution in [0.4, 0.5) is 5.69 Å². The van der Waals surface area contributed by atoms with Gasteiger partial charge in [-0.05, 0) is 12.1 Å². The molecule has 1 rings (SSSR count). The lowest BCUT2D eigenvalue weighted by atomic mass is 10.1. The average Bonchev–Trinajstić information content (AvgIpc) is 2.25. The molecule has 86 valence electrons. The predicted molar refractivity (Wildman–Crippen MR) is 56.1 cm³/mol. The Morgan fingerprint density at radius 3 is 2.44 bits per heavy atom. The third-order valence-corrected chi connectivity index (χ3v) is 2.00. The zero-order chi connectivity index (χ0) is 12.0. The lowest BCUT2D eigenvalue weighted by Crippen LogP contribution is -2.25. The highest BCUT2D eigenvalue weighted by atomic mass is 16.4. The third-order valence-electron chi connectivity index (χ3n) is 2.00. The standard InChI is InChI=1S/C10H12N2O4/c13-9(14)5-7(10(15)16)6-12-8-1-3-11-4-2-8/h1-4,7H,5-6H2,(H,11,12)(H,13,14)(H,15,16). The summed E-state index contributed by atoms with van der Waals surface area (Å²) in [7, 11) is 0. The average molecular weight is 224 g/mol. The van der Waals surface area contributed by atoms with Gasteiger partial charge in [0, 0.05) is 24.6 Å². The maximum Gasteiger partial charge on any atom is 0.308 e. The van der Waals surface area contributed by atoms with Gasteiger partial charge in [-0.15, -0.1) is 0 Å². The summed E-state index contributed by atoms with van der Waals surface area (Å²) >= 11 is 0. The number of hydrogen-bond acceptors (Lipinski definition) is 4. The van der Waals surface area contributed by atoms with E-state index in [1.165, 1.54) is 0 Å². The van der Waals surface area contributed by atoms with Crippen molar-refractivity contribution in [2.24, 2.45) is 5.92 Å². The summed E-state index contributed by atoms with van der Waals surface area (Å²) in [5, 5.41) is 20.2. The first-order valence-corrected chi connectivity index (χ1v) is 4.68. The van der Waals surface area contributed by atoms with E-state index in [2.05, 4.69) is 10.3 Å². The summed E-state index contributed by atoms with van der Waals surface area (Å²) in [6.07, 6.45) is 2.73. The molecule has 0 amide bonds. The second-order valence-electron chi connectivity index (χ2n) is 3.25. The number of nitrogens with zero attached hydrogens (tertiary/aromatic N) is 1. The van der Waals surface area contributed by atoms with Crippen LogP contribution in [0.3, 0.4) is 0 Å². The van der Waals surface area contributed by atoms with E-state index < -0.39 is 24.3 Å². The molecule has 6 heteroatoms. The fraction of sp³-hybridized carbons (Fsp3) is 0.300. The first-order chi connectivity index (χ1) is 7.59. The number of pyridine rings is 1. The SMILES string of the molecule is O=C(O)CC(CNc1ccncc1)C(=O)O. The fourth-order valence-corrected chi connectivity index (χ4v) is 1.17. The Labute approximate surface area is 91.9 Å². The van der Waals surface area contributed by atoms with Crippen LogP contribution < -0.4 is 5.32 Å². The maximum absolute atomic E-state index is 10.7. The van der Waals surface area contributed by atoms with Crippen molar-refractivity contribution in [1.29, 1.82) is 0 Å². The highest BCUT2D eigenvalue weighted by Crippen LogP contribution is 2.08. The minimum Gasteiger partial charge on any atom is -0.481 e. The van der Waals surface area contributed by atoms with Crippen molar-refractivity contribution in [2.45, 2.75) is 6.42 Å². The fourth-order valence-electron chi connectivity index (χ4n) is 1.17. The van der Waals surface area contributed by atoms with E-state index in [-0.39, 0.29) is 6.54 Å². The van der Waals surface area contributed by atoms with Gasteiger partial charge in [0.2, 0.25) is 0 Å². The van der Waals surface area contributed by atoms with Crippen molar-refractivity contribution in [3.05, 3.63) is 24.5 Å². The van der Waals surface area contributed by atoms with Crippen LogP contribution in [0.2, 0.25) is 0 Å². The van der Waals surface area contributed by atoms with Crippen LogP contribution >= 0.6 is 0 Å². The number of carbonyl (C=O) groups is 2. The van der Waals surface area contributed by atoms with Crippen molar-refractivity contribution < 1.29 is 19.8 Å². The molecule has 6 nitrogen and oxygen atoms in total. The van der Waals surface area contributed by atoms with Crippen LogP contribution in [-0.2, 0) is 9.59 Å². The molecule has 1 heterocycles. The molecule has 1 aromatic heterocycles. The Bertz CT molecular complexity index is 366. The number of aliphatic carboxylic acids is 2. The van der Waals surface area contributed by atoms with Crippen LogP contribution in [0.1, 0.15) is 6.42 Å². The lowest BCUT2D eigenvalue weighted by Gasteiger charge is -2.11. The predicted octanol–water partition coefficient (Wildman–Crippen LogP) is 0.669. The third kappa shape index (κ3) is 3.95. The summed E-state index contributed by atoms with van der Waals surface area (Å²) < 4.78 is 0. The van der Waals surface area contributed by atoms with Crippen molar-refractivity contribution >= 4 is 17.6 Å². The zero-order valence-electron chi connectivity index (χ0n) is 8.46. The number of carboxylic acid groups (broad SMARTS) is 2. The van der Waals surface area contributed by atoms with E-state index >= 15 is 0 Å². The van der Waals surface area contributed by atoms with Gasteiger partial charge in [-0.25, -0.2) is 0 Å². The minimum atomic E-state index is -1.12. The minimum absolute atomic E-state index is 0.0750. The van der Waals surface area contributed by atoms with E-state index in [9.17, 15) is 9.59 Å². The highest BCUT2D eigenvalue weighted by molar-refractivity contribution is 5.78. The quantitative estimate of drug-likeness (QED) is 0.656. The lowest BCUT2D eigenvalue weighted by molar-refractivity contribution is -0.147. The molecule has 0 bridgehead atoms. The maximum atomic E-state index is 10.7. The Morgan fingerprint density at radius 1 is 1.31 bits per heavy atom. The Morgan fingerprint density at radius 2 is 1.94 bits per heavy atom. The van der Waals surface area contributed by atoms with Crippen LogP contribution in [0, 0.1) is 5.92 Å². The molecule has 3 N–H and O–H groups in total. The Hall–Kier alpha value is -2.11. The first-order valence-electron chi connectivity index (χ1n) is 4.68. The first kappa shape index (κ1) is 12.0. The smallest absolute Gasteiger partial charge is 0.308 e. The molecular formula is C10H12N2O4. The van der Waals surface area contributed by atoms with Gasteiger partial charge in [0.05, 0.1) is 12.3 Å². The number of anilines is 1. The van der Waals surface area contributed by atoms with Crippen molar-refractivity contribution in [3.63, 3.8) is 0 Å². The summed E-state index contributed by atoms with van der Waals surface area (Å²) in [5.41, 5.74) is 0.714. The van der Waals surface area contributed by atoms with Gasteiger partial charge in [0.15, 0.2) is 0 Å². The number of nitrogens with one attached hydrogen (secondary N) is 1. The molecule has 0 saturated carbocycles. The molecule has 0 aliphatic heterocycles. The van der Waals surface area contributed by atoms with E-state index in [4.69, 9.17) is 10.2 Å². The topological polar surface area (TPSA) is 99.5 Å². The normalized spacial score (nSPS) is 11.8. The molecule has 0 aliphatic rings.